The molecule has 1 fully saturated rings. The SMILES string of the molecule is COc1ccc(C(O)c2ccc(N)cc2)cc1C1CCCCC1. The molecule has 1 aliphatic rings. The topological polar surface area (TPSA) is 55.5 Å². The van der Waals surface area contributed by atoms with Crippen LogP contribution >= 0.6 is 0 Å². The minimum absolute atomic E-state index is 0.539. The number of nitrogen functional groups attached to an aromatic ring is 1. The largest absolute Gasteiger partial charge is 0.496 e. The van der Waals surface area contributed by atoms with Gasteiger partial charge in [-0.25, -0.2) is 0 Å². The zero-order valence-corrected chi connectivity index (χ0v) is 13.7. The van der Waals surface area contributed by atoms with Gasteiger partial charge in [0, 0.05) is 5.69 Å². The Morgan fingerprint density at radius 3 is 2.30 bits per heavy atom. The fourth-order valence-electron chi connectivity index (χ4n) is 3.53. The van der Waals surface area contributed by atoms with Crippen LogP contribution in [-0.2, 0) is 0 Å². The van der Waals surface area contributed by atoms with Crippen LogP contribution in [0.1, 0.15) is 60.8 Å². The molecule has 0 spiro atoms. The molecule has 0 saturated heterocycles. The van der Waals surface area contributed by atoms with Crippen LogP contribution in [0.5, 0.6) is 5.75 Å². The van der Waals surface area contributed by atoms with E-state index in [0.717, 1.165) is 16.9 Å². The molecular formula is C20H25NO2. The maximum atomic E-state index is 10.7. The van der Waals surface area contributed by atoms with Gasteiger partial charge in [-0.1, -0.05) is 37.5 Å². The van der Waals surface area contributed by atoms with Crippen molar-refractivity contribution in [3.63, 3.8) is 0 Å². The molecule has 1 aliphatic carbocycles. The number of methoxy groups -OCH3 is 1. The lowest BCUT2D eigenvalue weighted by molar-refractivity contribution is 0.220. The Kier molecular flexibility index (Phi) is 4.87. The average Bonchev–Trinajstić information content (AvgIpc) is 2.62. The number of aliphatic hydroxyl groups excluding tert-OH is 1. The molecule has 2 aromatic rings. The van der Waals surface area contributed by atoms with E-state index in [9.17, 15) is 5.11 Å². The average molecular weight is 311 g/mol. The highest BCUT2D eigenvalue weighted by atomic mass is 16.5. The van der Waals surface area contributed by atoms with Crippen molar-refractivity contribution in [1.29, 1.82) is 0 Å². The first-order valence-corrected chi connectivity index (χ1v) is 8.40. The summed E-state index contributed by atoms with van der Waals surface area (Å²) >= 11 is 0. The maximum absolute atomic E-state index is 10.7. The molecule has 0 heterocycles. The molecule has 0 amide bonds. The number of rotatable bonds is 4. The first-order valence-electron chi connectivity index (χ1n) is 8.40. The van der Waals surface area contributed by atoms with Gasteiger partial charge in [-0.2, -0.15) is 0 Å². The Labute approximate surface area is 138 Å². The number of hydrogen-bond acceptors (Lipinski definition) is 3. The van der Waals surface area contributed by atoms with Crippen molar-refractivity contribution in [3.8, 4) is 5.75 Å². The number of nitrogens with two attached hydrogens (primary N) is 1. The summed E-state index contributed by atoms with van der Waals surface area (Å²) in [5.74, 6) is 1.47. The van der Waals surface area contributed by atoms with Gasteiger partial charge >= 0.3 is 0 Å². The monoisotopic (exact) mass is 311 g/mol. The third-order valence-corrected chi connectivity index (χ3v) is 4.87. The van der Waals surface area contributed by atoms with Gasteiger partial charge in [0.2, 0.25) is 0 Å². The van der Waals surface area contributed by atoms with Crippen LogP contribution in [0, 0.1) is 0 Å². The van der Waals surface area contributed by atoms with E-state index >= 15 is 0 Å². The van der Waals surface area contributed by atoms with E-state index in [-0.39, 0.29) is 0 Å². The van der Waals surface area contributed by atoms with Gasteiger partial charge in [0.05, 0.1) is 7.11 Å². The molecule has 2 aromatic carbocycles. The van der Waals surface area contributed by atoms with Crippen molar-refractivity contribution in [2.45, 2.75) is 44.1 Å². The van der Waals surface area contributed by atoms with E-state index in [1.807, 2.05) is 36.4 Å². The van der Waals surface area contributed by atoms with Crippen LogP contribution in [-0.4, -0.2) is 12.2 Å². The second-order valence-electron chi connectivity index (χ2n) is 6.41. The van der Waals surface area contributed by atoms with E-state index in [2.05, 4.69) is 6.07 Å². The summed E-state index contributed by atoms with van der Waals surface area (Å²) in [6, 6.07) is 13.5. The molecule has 0 radical (unpaired) electrons. The van der Waals surface area contributed by atoms with Crippen molar-refractivity contribution >= 4 is 5.69 Å². The Bertz CT molecular complexity index is 645. The van der Waals surface area contributed by atoms with Gasteiger partial charge in [-0.05, 0) is 59.7 Å². The molecule has 3 N–H and O–H groups in total. The summed E-state index contributed by atoms with van der Waals surface area (Å²) in [4.78, 5) is 0. The molecule has 1 unspecified atom stereocenters. The zero-order chi connectivity index (χ0) is 16.2. The fraction of sp³-hybridized carbons (Fsp3) is 0.400. The molecule has 1 atom stereocenters. The Hall–Kier alpha value is -2.00. The smallest absolute Gasteiger partial charge is 0.122 e. The van der Waals surface area contributed by atoms with Crippen molar-refractivity contribution in [1.82, 2.24) is 0 Å². The van der Waals surface area contributed by atoms with Crippen molar-refractivity contribution in [2.75, 3.05) is 12.8 Å². The second kappa shape index (κ2) is 7.05. The first kappa shape index (κ1) is 15.9. The summed E-state index contributed by atoms with van der Waals surface area (Å²) in [7, 11) is 1.72. The highest BCUT2D eigenvalue weighted by molar-refractivity contribution is 5.45. The molecule has 23 heavy (non-hydrogen) atoms. The van der Waals surface area contributed by atoms with Crippen LogP contribution in [0.4, 0.5) is 5.69 Å². The third kappa shape index (κ3) is 3.50. The highest BCUT2D eigenvalue weighted by Gasteiger charge is 2.21. The number of ether oxygens (including phenoxy) is 1. The number of aliphatic hydroxyl groups is 1. The molecule has 122 valence electrons. The molecule has 0 aliphatic heterocycles. The number of benzene rings is 2. The lowest BCUT2D eigenvalue weighted by atomic mass is 9.82. The minimum atomic E-state index is -0.635. The highest BCUT2D eigenvalue weighted by Crippen LogP contribution is 2.39. The van der Waals surface area contributed by atoms with E-state index in [1.165, 1.54) is 37.7 Å². The zero-order valence-electron chi connectivity index (χ0n) is 13.7. The lowest BCUT2D eigenvalue weighted by Gasteiger charge is -2.25. The van der Waals surface area contributed by atoms with Crippen molar-refractivity contribution in [2.24, 2.45) is 0 Å². The third-order valence-electron chi connectivity index (χ3n) is 4.87. The van der Waals surface area contributed by atoms with Gasteiger partial charge in [0.25, 0.3) is 0 Å². The summed E-state index contributed by atoms with van der Waals surface area (Å²) in [6.07, 6.45) is 5.66. The van der Waals surface area contributed by atoms with Crippen molar-refractivity contribution < 1.29 is 9.84 Å². The number of hydrogen-bond donors (Lipinski definition) is 2. The van der Waals surface area contributed by atoms with Crippen LogP contribution in [0.15, 0.2) is 42.5 Å². The van der Waals surface area contributed by atoms with Crippen LogP contribution in [0.3, 0.4) is 0 Å². The van der Waals surface area contributed by atoms with Gasteiger partial charge < -0.3 is 15.6 Å². The van der Waals surface area contributed by atoms with Crippen LogP contribution in [0.2, 0.25) is 0 Å². The normalized spacial score (nSPS) is 17.0. The van der Waals surface area contributed by atoms with E-state index in [1.54, 1.807) is 7.11 Å². The summed E-state index contributed by atoms with van der Waals surface area (Å²) in [5.41, 5.74) is 9.44. The lowest BCUT2D eigenvalue weighted by Crippen LogP contribution is -2.08. The molecule has 3 heteroatoms. The van der Waals surface area contributed by atoms with E-state index < -0.39 is 6.10 Å². The first-order chi connectivity index (χ1) is 11.2. The Morgan fingerprint density at radius 1 is 1.00 bits per heavy atom. The van der Waals surface area contributed by atoms with E-state index in [4.69, 9.17) is 10.5 Å². The Morgan fingerprint density at radius 2 is 1.65 bits per heavy atom. The Balaban J connectivity index is 1.91. The molecule has 1 saturated carbocycles. The maximum Gasteiger partial charge on any atom is 0.122 e. The predicted octanol–water partition coefficient (Wildman–Crippen LogP) is 4.41. The molecule has 3 nitrogen and oxygen atoms in total. The second-order valence-corrected chi connectivity index (χ2v) is 6.41. The minimum Gasteiger partial charge on any atom is -0.496 e. The standard InChI is InChI=1S/C20H25NO2/c1-23-19-12-9-16(13-18(19)14-5-3-2-4-6-14)20(22)15-7-10-17(21)11-8-15/h7-14,20,22H,2-6,21H2,1H3. The molecular weight excluding hydrogens is 286 g/mol. The van der Waals surface area contributed by atoms with Gasteiger partial charge in [0.1, 0.15) is 11.9 Å². The van der Waals surface area contributed by atoms with E-state index in [0.29, 0.717) is 11.6 Å². The summed E-state index contributed by atoms with van der Waals surface area (Å²) < 4.78 is 5.56. The van der Waals surface area contributed by atoms with Gasteiger partial charge in [0.15, 0.2) is 0 Å². The van der Waals surface area contributed by atoms with Gasteiger partial charge in [-0.3, -0.25) is 0 Å². The molecule has 0 aromatic heterocycles. The van der Waals surface area contributed by atoms with Crippen LogP contribution in [0.25, 0.3) is 0 Å². The van der Waals surface area contributed by atoms with Gasteiger partial charge in [-0.15, -0.1) is 0 Å². The van der Waals surface area contributed by atoms with Crippen LogP contribution < -0.4 is 10.5 Å². The van der Waals surface area contributed by atoms with Crippen molar-refractivity contribution in [3.05, 3.63) is 59.2 Å². The summed E-state index contributed by atoms with van der Waals surface area (Å²) in [5, 5.41) is 10.7. The fourth-order valence-corrected chi connectivity index (χ4v) is 3.53. The molecule has 3 rings (SSSR count). The number of anilines is 1. The predicted molar refractivity (Wildman–Crippen MR) is 93.7 cm³/mol. The summed E-state index contributed by atoms with van der Waals surface area (Å²) in [6.45, 7) is 0. The molecule has 0 bridgehead atoms. The quantitative estimate of drug-likeness (QED) is 0.822.